The molecule has 0 bridgehead atoms. The number of hydrogen-bond donors (Lipinski definition) is 0. The van der Waals surface area contributed by atoms with Crippen molar-refractivity contribution >= 4 is 16.7 Å². The maximum absolute atomic E-state index is 12.9. The Kier molecular flexibility index (Phi) is 4.16. The summed E-state index contributed by atoms with van der Waals surface area (Å²) in [7, 11) is 3.31. The summed E-state index contributed by atoms with van der Waals surface area (Å²) in [6.45, 7) is 2.51. The summed E-state index contributed by atoms with van der Waals surface area (Å²) in [6.07, 6.45) is 0. The highest BCUT2D eigenvalue weighted by Crippen LogP contribution is 2.16. The number of rotatable bonds is 3. The molecular formula is C19H19N3O2. The molecule has 0 saturated heterocycles. The van der Waals surface area contributed by atoms with Crippen molar-refractivity contribution in [3.63, 3.8) is 0 Å². The molecule has 122 valence electrons. The highest BCUT2D eigenvalue weighted by atomic mass is 16.2. The van der Waals surface area contributed by atoms with Gasteiger partial charge in [0.1, 0.15) is 0 Å². The van der Waals surface area contributed by atoms with Crippen LogP contribution in [0.3, 0.4) is 0 Å². The lowest BCUT2D eigenvalue weighted by molar-refractivity contribution is 0.0779. The predicted molar refractivity (Wildman–Crippen MR) is 94.0 cm³/mol. The summed E-state index contributed by atoms with van der Waals surface area (Å²) in [5.74, 6) is -0.204. The van der Waals surface area contributed by atoms with Crippen LogP contribution in [-0.2, 0) is 13.6 Å². The van der Waals surface area contributed by atoms with Gasteiger partial charge in [0.05, 0.1) is 5.39 Å². The zero-order valence-electron chi connectivity index (χ0n) is 14.0. The lowest BCUT2D eigenvalue weighted by Gasteiger charge is -2.19. The van der Waals surface area contributed by atoms with Crippen molar-refractivity contribution in [3.8, 4) is 0 Å². The van der Waals surface area contributed by atoms with E-state index in [1.807, 2.05) is 37.3 Å². The van der Waals surface area contributed by atoms with E-state index in [2.05, 4.69) is 5.10 Å². The minimum atomic E-state index is -0.205. The molecule has 3 aromatic rings. The Labute approximate surface area is 140 Å². The van der Waals surface area contributed by atoms with Crippen LogP contribution >= 0.6 is 0 Å². The van der Waals surface area contributed by atoms with Crippen LogP contribution < -0.4 is 5.56 Å². The summed E-state index contributed by atoms with van der Waals surface area (Å²) in [4.78, 5) is 26.7. The van der Waals surface area contributed by atoms with Crippen molar-refractivity contribution in [3.05, 3.63) is 75.7 Å². The molecule has 0 aliphatic rings. The topological polar surface area (TPSA) is 55.2 Å². The van der Waals surface area contributed by atoms with Crippen LogP contribution in [0, 0.1) is 6.92 Å². The molecule has 1 aromatic heterocycles. The molecule has 24 heavy (non-hydrogen) atoms. The molecule has 0 fully saturated rings. The van der Waals surface area contributed by atoms with Crippen LogP contribution in [-0.4, -0.2) is 27.6 Å². The second-order valence-corrected chi connectivity index (χ2v) is 5.91. The van der Waals surface area contributed by atoms with Gasteiger partial charge >= 0.3 is 0 Å². The van der Waals surface area contributed by atoms with Gasteiger partial charge in [-0.3, -0.25) is 9.59 Å². The molecular weight excluding hydrogens is 302 g/mol. The molecule has 0 spiro atoms. The van der Waals surface area contributed by atoms with Crippen molar-refractivity contribution in [2.45, 2.75) is 13.5 Å². The zero-order chi connectivity index (χ0) is 17.3. The summed E-state index contributed by atoms with van der Waals surface area (Å²) < 4.78 is 1.22. The molecule has 3 rings (SSSR count). The first-order valence-electron chi connectivity index (χ1n) is 7.75. The van der Waals surface area contributed by atoms with Gasteiger partial charge in [0.25, 0.3) is 11.5 Å². The van der Waals surface area contributed by atoms with Gasteiger partial charge in [-0.15, -0.1) is 0 Å². The number of hydrogen-bond acceptors (Lipinski definition) is 3. The average Bonchev–Trinajstić information content (AvgIpc) is 2.59. The standard InChI is InChI=1S/C19H19N3O2/c1-13-8-4-5-9-14(13)12-21(2)19(24)17-15-10-6-7-11-16(15)18(23)22(3)20-17/h4-11H,12H2,1-3H3. The second-order valence-electron chi connectivity index (χ2n) is 5.91. The molecule has 1 amide bonds. The number of carbonyl (C=O) groups excluding carboxylic acids is 1. The van der Waals surface area contributed by atoms with Gasteiger partial charge in [-0.25, -0.2) is 4.68 Å². The second kappa shape index (κ2) is 6.28. The molecule has 5 nitrogen and oxygen atoms in total. The Morgan fingerprint density at radius 2 is 1.71 bits per heavy atom. The number of nitrogens with zero attached hydrogens (tertiary/aromatic N) is 3. The molecule has 0 N–H and O–H groups in total. The van der Waals surface area contributed by atoms with Crippen LogP contribution in [0.4, 0.5) is 0 Å². The van der Waals surface area contributed by atoms with E-state index < -0.39 is 0 Å². The summed E-state index contributed by atoms with van der Waals surface area (Å²) in [5.41, 5.74) is 2.31. The van der Waals surface area contributed by atoms with Gasteiger partial charge in [0.2, 0.25) is 0 Å². The quantitative estimate of drug-likeness (QED) is 0.745. The van der Waals surface area contributed by atoms with Gasteiger partial charge in [-0.2, -0.15) is 5.10 Å². The third kappa shape index (κ3) is 2.80. The van der Waals surface area contributed by atoms with Crippen LogP contribution in [0.2, 0.25) is 0 Å². The van der Waals surface area contributed by atoms with Gasteiger partial charge < -0.3 is 4.90 Å². The first-order chi connectivity index (χ1) is 11.5. The molecule has 0 aliphatic carbocycles. The number of fused-ring (bicyclic) bond motifs is 1. The highest BCUT2D eigenvalue weighted by Gasteiger charge is 2.19. The smallest absolute Gasteiger partial charge is 0.274 e. The summed E-state index contributed by atoms with van der Waals surface area (Å²) in [5, 5.41) is 5.29. The zero-order valence-corrected chi connectivity index (χ0v) is 14.0. The molecule has 0 unspecified atom stereocenters. The van der Waals surface area contributed by atoms with Gasteiger partial charge in [0, 0.05) is 26.0 Å². The van der Waals surface area contributed by atoms with Crippen molar-refractivity contribution in [2.24, 2.45) is 7.05 Å². The molecule has 1 heterocycles. The van der Waals surface area contributed by atoms with E-state index in [0.717, 1.165) is 11.1 Å². The first kappa shape index (κ1) is 15.9. The van der Waals surface area contributed by atoms with Crippen molar-refractivity contribution in [2.75, 3.05) is 7.05 Å². The van der Waals surface area contributed by atoms with Gasteiger partial charge in [-0.1, -0.05) is 42.5 Å². The van der Waals surface area contributed by atoms with Crippen molar-refractivity contribution in [1.82, 2.24) is 14.7 Å². The van der Waals surface area contributed by atoms with Crippen LogP contribution in [0.25, 0.3) is 10.8 Å². The van der Waals surface area contributed by atoms with Crippen LogP contribution in [0.15, 0.2) is 53.3 Å². The number of aryl methyl sites for hydroxylation is 2. The van der Waals surface area contributed by atoms with Crippen LogP contribution in [0.5, 0.6) is 0 Å². The molecule has 0 atom stereocenters. The van der Waals surface area contributed by atoms with E-state index in [4.69, 9.17) is 0 Å². The maximum Gasteiger partial charge on any atom is 0.274 e. The molecule has 0 saturated carbocycles. The van der Waals surface area contributed by atoms with E-state index >= 15 is 0 Å². The number of benzene rings is 2. The van der Waals surface area contributed by atoms with Gasteiger partial charge in [-0.05, 0) is 24.1 Å². The minimum absolute atomic E-state index is 0.204. The lowest BCUT2D eigenvalue weighted by atomic mass is 10.1. The number of amides is 1. The summed E-state index contributed by atoms with van der Waals surface area (Å²) in [6, 6.07) is 15.0. The Morgan fingerprint density at radius 1 is 1.08 bits per heavy atom. The Balaban J connectivity index is 2.01. The largest absolute Gasteiger partial charge is 0.336 e. The molecule has 2 aromatic carbocycles. The SMILES string of the molecule is Cc1ccccc1CN(C)C(=O)c1nn(C)c(=O)c2ccccc12. The fraction of sp³-hybridized carbons (Fsp3) is 0.211. The van der Waals surface area contributed by atoms with E-state index in [0.29, 0.717) is 23.0 Å². The Morgan fingerprint density at radius 3 is 2.42 bits per heavy atom. The fourth-order valence-corrected chi connectivity index (χ4v) is 2.75. The average molecular weight is 321 g/mol. The van der Waals surface area contributed by atoms with Crippen molar-refractivity contribution in [1.29, 1.82) is 0 Å². The highest BCUT2D eigenvalue weighted by molar-refractivity contribution is 6.04. The van der Waals surface area contributed by atoms with Gasteiger partial charge in [0.15, 0.2) is 5.69 Å². The summed E-state index contributed by atoms with van der Waals surface area (Å²) >= 11 is 0. The maximum atomic E-state index is 12.9. The Hall–Kier alpha value is -2.95. The van der Waals surface area contributed by atoms with E-state index in [9.17, 15) is 9.59 Å². The third-order valence-corrected chi connectivity index (χ3v) is 4.17. The van der Waals surface area contributed by atoms with Crippen LogP contribution in [0.1, 0.15) is 21.6 Å². The normalized spacial score (nSPS) is 10.8. The van der Waals surface area contributed by atoms with E-state index in [1.165, 1.54) is 4.68 Å². The van der Waals surface area contributed by atoms with E-state index in [1.54, 1.807) is 37.2 Å². The fourth-order valence-electron chi connectivity index (χ4n) is 2.75. The molecule has 0 radical (unpaired) electrons. The molecule has 0 aliphatic heterocycles. The monoisotopic (exact) mass is 321 g/mol. The minimum Gasteiger partial charge on any atom is -0.336 e. The third-order valence-electron chi connectivity index (χ3n) is 4.17. The lowest BCUT2D eigenvalue weighted by Crippen LogP contribution is -2.31. The van der Waals surface area contributed by atoms with Crippen molar-refractivity contribution < 1.29 is 4.79 Å². The predicted octanol–water partition coefficient (Wildman–Crippen LogP) is 2.51. The number of aromatic nitrogens is 2. The molecule has 5 heteroatoms. The van der Waals surface area contributed by atoms with E-state index in [-0.39, 0.29) is 11.5 Å². The number of carbonyl (C=O) groups is 1. The Bertz CT molecular complexity index is 976. The first-order valence-corrected chi connectivity index (χ1v) is 7.75.